The van der Waals surface area contributed by atoms with Crippen LogP contribution in [0.2, 0.25) is 0 Å². The van der Waals surface area contributed by atoms with Crippen LogP contribution < -0.4 is 0 Å². The number of halogens is 1. The third kappa shape index (κ3) is 1.18. The number of carbonyl (C=O) groups excluding carboxylic acids is 1. The molecule has 3 aliphatic rings. The molecule has 16 heavy (non-hydrogen) atoms. The Labute approximate surface area is 98.0 Å². The summed E-state index contributed by atoms with van der Waals surface area (Å²) in [4.78, 5) is 27.4. The van der Waals surface area contributed by atoms with Gasteiger partial charge in [-0.15, -0.1) is 0 Å². The number of carbonyl (C=O) groups is 2. The second-order valence-corrected chi connectivity index (χ2v) is 4.75. The molecule has 0 amide bonds. The maximum Gasteiger partial charge on any atom is 0.353 e. The van der Waals surface area contributed by atoms with E-state index in [0.29, 0.717) is 4.48 Å². The van der Waals surface area contributed by atoms with E-state index in [4.69, 9.17) is 14.7 Å². The molecule has 0 saturated carbocycles. The first kappa shape index (κ1) is 9.98. The molecule has 0 aromatic carbocycles. The Kier molecular flexibility index (Phi) is 1.82. The van der Waals surface area contributed by atoms with Gasteiger partial charge in [0.2, 0.25) is 5.78 Å². The molecule has 1 aliphatic carbocycles. The van der Waals surface area contributed by atoms with E-state index in [1.54, 1.807) is 6.08 Å². The molecule has 84 valence electrons. The second kappa shape index (κ2) is 2.92. The van der Waals surface area contributed by atoms with Crippen LogP contribution in [-0.2, 0) is 19.2 Å². The lowest BCUT2D eigenvalue weighted by Gasteiger charge is -2.23. The van der Waals surface area contributed by atoms with Crippen LogP contribution in [0.3, 0.4) is 0 Å². The molecule has 2 aliphatic heterocycles. The third-order valence-corrected chi connectivity index (χ3v) is 3.47. The lowest BCUT2D eigenvalue weighted by molar-refractivity contribution is -0.129. The highest BCUT2D eigenvalue weighted by molar-refractivity contribution is 9.12. The molecular formula is C9H6BrNO5. The van der Waals surface area contributed by atoms with Crippen molar-refractivity contribution >= 4 is 33.4 Å². The number of ether oxygens (including phenoxy) is 1. The molecule has 0 bridgehead atoms. The molecule has 1 N–H and O–H groups in total. The smallest absolute Gasteiger partial charge is 0.353 e. The number of hydrogen-bond donors (Lipinski definition) is 1. The van der Waals surface area contributed by atoms with Gasteiger partial charge in [0.25, 0.3) is 0 Å². The number of rotatable bonds is 1. The van der Waals surface area contributed by atoms with E-state index in [0.717, 1.165) is 0 Å². The first-order chi connectivity index (χ1) is 7.53. The van der Waals surface area contributed by atoms with Gasteiger partial charge >= 0.3 is 5.97 Å². The topological polar surface area (TPSA) is 88.5 Å². The van der Waals surface area contributed by atoms with E-state index >= 15 is 0 Å². The van der Waals surface area contributed by atoms with Crippen LogP contribution in [0.4, 0.5) is 0 Å². The Bertz CT molecular complexity index is 471. The summed E-state index contributed by atoms with van der Waals surface area (Å²) in [7, 11) is 0. The first-order valence-electron chi connectivity index (χ1n) is 4.60. The molecular weight excluding hydrogens is 282 g/mol. The minimum absolute atomic E-state index is 0.0554. The highest BCUT2D eigenvalue weighted by Gasteiger charge is 2.65. The highest BCUT2D eigenvalue weighted by Crippen LogP contribution is 2.47. The largest absolute Gasteiger partial charge is 0.477 e. The van der Waals surface area contributed by atoms with E-state index in [1.807, 2.05) is 0 Å². The quantitative estimate of drug-likeness (QED) is 0.697. The SMILES string of the molecule is O=C(O)C1=NO[C@]2(C=C(Br)C(=O)[C@@H]3O[C@@H]32)C1. The molecule has 3 atom stereocenters. The van der Waals surface area contributed by atoms with E-state index in [1.165, 1.54) is 0 Å². The van der Waals surface area contributed by atoms with Crippen LogP contribution in [0.25, 0.3) is 0 Å². The van der Waals surface area contributed by atoms with Crippen molar-refractivity contribution in [2.24, 2.45) is 5.16 Å². The van der Waals surface area contributed by atoms with Crippen LogP contribution in [-0.4, -0.2) is 40.4 Å². The maximum atomic E-state index is 11.5. The maximum absolute atomic E-state index is 11.5. The third-order valence-electron chi connectivity index (χ3n) is 2.85. The minimum Gasteiger partial charge on any atom is -0.477 e. The van der Waals surface area contributed by atoms with Gasteiger partial charge in [-0.1, -0.05) is 5.16 Å². The van der Waals surface area contributed by atoms with Gasteiger partial charge in [0, 0.05) is 6.42 Å². The molecule has 7 heteroatoms. The first-order valence-corrected chi connectivity index (χ1v) is 5.39. The molecule has 1 spiro atoms. The molecule has 0 unspecified atom stereocenters. The van der Waals surface area contributed by atoms with E-state index in [9.17, 15) is 9.59 Å². The summed E-state index contributed by atoms with van der Waals surface area (Å²) in [6.45, 7) is 0. The summed E-state index contributed by atoms with van der Waals surface area (Å²) in [5.41, 5.74) is -0.981. The minimum atomic E-state index is -1.12. The van der Waals surface area contributed by atoms with Crippen molar-refractivity contribution in [1.29, 1.82) is 0 Å². The van der Waals surface area contributed by atoms with Gasteiger partial charge in [-0.3, -0.25) is 4.79 Å². The van der Waals surface area contributed by atoms with E-state index < -0.39 is 23.8 Å². The predicted molar refractivity (Wildman–Crippen MR) is 54.2 cm³/mol. The molecule has 0 aromatic heterocycles. The van der Waals surface area contributed by atoms with Crippen LogP contribution in [0.5, 0.6) is 0 Å². The molecule has 1 saturated heterocycles. The molecule has 2 heterocycles. The number of oxime groups is 1. The van der Waals surface area contributed by atoms with Crippen molar-refractivity contribution in [2.75, 3.05) is 0 Å². The average molecular weight is 288 g/mol. The van der Waals surface area contributed by atoms with Crippen LogP contribution >= 0.6 is 15.9 Å². The van der Waals surface area contributed by atoms with Crippen molar-refractivity contribution < 1.29 is 24.3 Å². The molecule has 0 radical (unpaired) electrons. The van der Waals surface area contributed by atoms with Crippen molar-refractivity contribution in [3.63, 3.8) is 0 Å². The van der Waals surface area contributed by atoms with Crippen LogP contribution in [0, 0.1) is 0 Å². The fraction of sp³-hybridized carbons (Fsp3) is 0.444. The number of ketones is 1. The zero-order valence-corrected chi connectivity index (χ0v) is 9.43. The van der Waals surface area contributed by atoms with Gasteiger partial charge < -0.3 is 14.7 Å². The number of fused-ring (bicyclic) bond motifs is 2. The number of Topliss-reactive ketones (excluding diaryl/α,β-unsaturated/α-hetero) is 1. The van der Waals surface area contributed by atoms with Crippen molar-refractivity contribution in [2.45, 2.75) is 24.2 Å². The summed E-state index contributed by atoms with van der Waals surface area (Å²) in [5, 5.41) is 12.3. The zero-order chi connectivity index (χ0) is 11.5. The predicted octanol–water partition coefficient (Wildman–Crippen LogP) is 0.215. The van der Waals surface area contributed by atoms with Crippen LogP contribution in [0.15, 0.2) is 15.7 Å². The summed E-state index contributed by atoms with van der Waals surface area (Å²) in [5.74, 6) is -1.25. The molecule has 1 fully saturated rings. The second-order valence-electron chi connectivity index (χ2n) is 3.90. The zero-order valence-electron chi connectivity index (χ0n) is 7.84. The number of epoxide rings is 1. The summed E-state index contributed by atoms with van der Waals surface area (Å²) in [6, 6.07) is 0. The summed E-state index contributed by atoms with van der Waals surface area (Å²) >= 11 is 3.12. The monoisotopic (exact) mass is 287 g/mol. The average Bonchev–Trinajstić information content (AvgIpc) is 2.93. The number of carboxylic acid groups (broad SMARTS) is 1. The van der Waals surface area contributed by atoms with Gasteiger partial charge in [-0.25, -0.2) is 4.79 Å². The number of nitrogens with zero attached hydrogens (tertiary/aromatic N) is 1. The number of carboxylic acids is 1. The Balaban J connectivity index is 1.93. The fourth-order valence-electron chi connectivity index (χ4n) is 2.00. The van der Waals surface area contributed by atoms with Crippen molar-refractivity contribution in [3.8, 4) is 0 Å². The van der Waals surface area contributed by atoms with Gasteiger partial charge in [-0.05, 0) is 22.0 Å². The van der Waals surface area contributed by atoms with E-state index in [-0.39, 0.29) is 17.9 Å². The van der Waals surface area contributed by atoms with Crippen molar-refractivity contribution in [3.05, 3.63) is 10.6 Å². The van der Waals surface area contributed by atoms with Gasteiger partial charge in [0.1, 0.15) is 6.10 Å². The molecule has 0 aromatic rings. The molecule has 3 rings (SSSR count). The van der Waals surface area contributed by atoms with Gasteiger partial charge in [0.15, 0.2) is 17.4 Å². The molecule has 6 nitrogen and oxygen atoms in total. The Morgan fingerprint density at radius 3 is 3.06 bits per heavy atom. The summed E-state index contributed by atoms with van der Waals surface area (Å²) < 4.78 is 5.56. The Hall–Kier alpha value is -1.21. The Morgan fingerprint density at radius 1 is 1.69 bits per heavy atom. The number of aliphatic carboxylic acids is 1. The Morgan fingerprint density at radius 2 is 2.44 bits per heavy atom. The fourth-order valence-corrected chi connectivity index (χ4v) is 2.61. The van der Waals surface area contributed by atoms with Crippen LogP contribution in [0.1, 0.15) is 6.42 Å². The lowest BCUT2D eigenvalue weighted by Crippen LogP contribution is -2.40. The number of hydrogen-bond acceptors (Lipinski definition) is 5. The highest BCUT2D eigenvalue weighted by atomic mass is 79.9. The lowest BCUT2D eigenvalue weighted by atomic mass is 9.86. The normalized spacial score (nSPS) is 39.9. The summed E-state index contributed by atoms with van der Waals surface area (Å²) in [6.07, 6.45) is 0.721. The van der Waals surface area contributed by atoms with Gasteiger partial charge in [-0.2, -0.15) is 0 Å². The van der Waals surface area contributed by atoms with Gasteiger partial charge in [0.05, 0.1) is 4.48 Å². The standard InChI is InChI=1S/C9H6BrNO5/c10-3-1-9(7-6(15-7)5(3)12)2-4(8(13)14)11-16-9/h1,6-7H,2H2,(H,13,14)/t6-,7-,9+/m0/s1. The van der Waals surface area contributed by atoms with Crippen molar-refractivity contribution in [1.82, 2.24) is 0 Å². The van der Waals surface area contributed by atoms with E-state index in [2.05, 4.69) is 21.1 Å².